The van der Waals surface area contributed by atoms with E-state index in [1.54, 1.807) is 11.3 Å². The van der Waals surface area contributed by atoms with Crippen molar-refractivity contribution in [3.8, 4) is 33.8 Å². The first-order chi connectivity index (χ1) is 24.8. The molecule has 232 valence electrons. The maximum Gasteiger partial charge on any atom is 0.161 e. The Morgan fingerprint density at radius 3 is 2.06 bits per heavy atom. The monoisotopic (exact) mass is 654 g/mol. The zero-order valence-corrected chi connectivity index (χ0v) is 27.5. The molecule has 0 amide bonds. The Balaban J connectivity index is 1.21. The lowest BCUT2D eigenvalue weighted by Gasteiger charge is -2.13. The Kier molecular flexibility index (Phi) is 5.83. The minimum Gasteiger partial charge on any atom is -0.456 e. The molecule has 0 saturated heterocycles. The van der Waals surface area contributed by atoms with E-state index >= 15 is 0 Å². The van der Waals surface area contributed by atoms with Gasteiger partial charge in [-0.3, -0.25) is 0 Å². The predicted octanol–water partition coefficient (Wildman–Crippen LogP) is 13.2. The highest BCUT2D eigenvalue weighted by atomic mass is 32.1. The maximum atomic E-state index is 6.49. The molecule has 50 heavy (non-hydrogen) atoms. The van der Waals surface area contributed by atoms with E-state index in [0.717, 1.165) is 59.9 Å². The van der Waals surface area contributed by atoms with Crippen molar-refractivity contribution in [3.63, 3.8) is 0 Å². The molecule has 3 heterocycles. The Labute approximate surface area is 290 Å². The van der Waals surface area contributed by atoms with Crippen LogP contribution in [-0.4, -0.2) is 9.97 Å². The molecule has 0 bridgehead atoms. The van der Waals surface area contributed by atoms with Gasteiger partial charge >= 0.3 is 0 Å². The van der Waals surface area contributed by atoms with Crippen molar-refractivity contribution in [3.05, 3.63) is 158 Å². The fourth-order valence-corrected chi connectivity index (χ4v) is 8.85. The van der Waals surface area contributed by atoms with Crippen LogP contribution < -0.4 is 0 Å². The van der Waals surface area contributed by atoms with Crippen LogP contribution in [0, 0.1) is 0 Å². The molecule has 0 aliphatic carbocycles. The quantitative estimate of drug-likeness (QED) is 0.178. The molecule has 0 fully saturated rings. The van der Waals surface area contributed by atoms with E-state index in [2.05, 4.69) is 152 Å². The third-order valence-electron chi connectivity index (χ3n) is 10.1. The topological polar surface area (TPSA) is 38.9 Å². The highest BCUT2D eigenvalue weighted by Crippen LogP contribution is 2.44. The Hall–Kier alpha value is -6.36. The van der Waals surface area contributed by atoms with Gasteiger partial charge < -0.3 is 4.42 Å². The standard InChI is InChI=1S/C46H26N2OS/c1-2-11-28-24-29(21-20-27(28)10-1)30-22-23-39-38(25-30)42-36(17-9-18-40(42)49-39)46-47-43-35-16-7-8-19-41(35)50-45(43)44(48-46)37-26-31-12-3-4-13-32(31)33-14-5-6-15-34(33)37/h1-26H. The van der Waals surface area contributed by atoms with E-state index in [4.69, 9.17) is 14.4 Å². The number of furan rings is 1. The number of rotatable bonds is 3. The number of hydrogen-bond donors (Lipinski definition) is 0. The van der Waals surface area contributed by atoms with Gasteiger partial charge in [0.2, 0.25) is 0 Å². The van der Waals surface area contributed by atoms with Crippen molar-refractivity contribution in [1.29, 1.82) is 0 Å². The summed E-state index contributed by atoms with van der Waals surface area (Å²) in [5.41, 5.74) is 7.99. The highest BCUT2D eigenvalue weighted by molar-refractivity contribution is 7.26. The zero-order valence-electron chi connectivity index (χ0n) is 26.7. The van der Waals surface area contributed by atoms with Crippen molar-refractivity contribution >= 4 is 85.9 Å². The van der Waals surface area contributed by atoms with Gasteiger partial charge in [0.25, 0.3) is 0 Å². The molecule has 0 radical (unpaired) electrons. The zero-order chi connectivity index (χ0) is 32.8. The van der Waals surface area contributed by atoms with Crippen LogP contribution in [0.5, 0.6) is 0 Å². The number of thiophene rings is 1. The molecule has 0 unspecified atom stereocenters. The van der Waals surface area contributed by atoms with Gasteiger partial charge in [0.1, 0.15) is 11.2 Å². The summed E-state index contributed by atoms with van der Waals surface area (Å²) < 4.78 is 8.78. The van der Waals surface area contributed by atoms with Gasteiger partial charge in [-0.2, -0.15) is 0 Å². The van der Waals surface area contributed by atoms with Crippen LogP contribution in [0.25, 0.3) is 108 Å². The molecule has 0 N–H and O–H groups in total. The minimum atomic E-state index is 0.692. The molecular weight excluding hydrogens is 629 g/mol. The van der Waals surface area contributed by atoms with Crippen LogP contribution in [0.4, 0.5) is 0 Å². The second-order valence-electron chi connectivity index (χ2n) is 12.9. The molecule has 0 spiro atoms. The predicted molar refractivity (Wildman–Crippen MR) is 211 cm³/mol. The second kappa shape index (κ2) is 10.6. The number of fused-ring (bicyclic) bond motifs is 10. The van der Waals surface area contributed by atoms with Crippen molar-refractivity contribution in [2.45, 2.75) is 0 Å². The van der Waals surface area contributed by atoms with E-state index in [-0.39, 0.29) is 0 Å². The third-order valence-corrected chi connectivity index (χ3v) is 11.2. The first kappa shape index (κ1) is 27.6. The molecule has 3 aromatic heterocycles. The van der Waals surface area contributed by atoms with Crippen molar-refractivity contribution in [2.24, 2.45) is 0 Å². The van der Waals surface area contributed by atoms with Crippen molar-refractivity contribution < 1.29 is 4.42 Å². The summed E-state index contributed by atoms with van der Waals surface area (Å²) in [5.74, 6) is 0.692. The Bertz CT molecular complexity index is 3170. The molecule has 11 rings (SSSR count). The van der Waals surface area contributed by atoms with Gasteiger partial charge in [-0.15, -0.1) is 11.3 Å². The lowest BCUT2D eigenvalue weighted by atomic mass is 9.95. The summed E-state index contributed by atoms with van der Waals surface area (Å²) in [6.45, 7) is 0. The van der Waals surface area contributed by atoms with Crippen molar-refractivity contribution in [1.82, 2.24) is 9.97 Å². The number of hydrogen-bond acceptors (Lipinski definition) is 4. The molecule has 0 atom stereocenters. The normalized spacial score (nSPS) is 12.0. The van der Waals surface area contributed by atoms with Crippen LogP contribution in [0.2, 0.25) is 0 Å². The molecule has 3 nitrogen and oxygen atoms in total. The van der Waals surface area contributed by atoms with Gasteiger partial charge in [0.15, 0.2) is 5.82 Å². The first-order valence-electron chi connectivity index (χ1n) is 16.8. The molecule has 0 aliphatic rings. The van der Waals surface area contributed by atoms with Crippen LogP contribution >= 0.6 is 11.3 Å². The average Bonchev–Trinajstić information content (AvgIpc) is 3.75. The molecule has 11 aromatic rings. The summed E-state index contributed by atoms with van der Waals surface area (Å²) in [6.07, 6.45) is 0. The number of aromatic nitrogens is 2. The largest absolute Gasteiger partial charge is 0.456 e. The summed E-state index contributed by atoms with van der Waals surface area (Å²) in [4.78, 5) is 10.9. The van der Waals surface area contributed by atoms with Crippen LogP contribution in [0.15, 0.2) is 162 Å². The van der Waals surface area contributed by atoms with Crippen LogP contribution in [0.3, 0.4) is 0 Å². The maximum absolute atomic E-state index is 6.49. The lowest BCUT2D eigenvalue weighted by molar-refractivity contribution is 0.669. The van der Waals surface area contributed by atoms with Gasteiger partial charge in [-0.05, 0) is 79.8 Å². The summed E-state index contributed by atoms with van der Waals surface area (Å²) >= 11 is 1.77. The first-order valence-corrected chi connectivity index (χ1v) is 17.6. The van der Waals surface area contributed by atoms with Crippen LogP contribution in [0.1, 0.15) is 0 Å². The van der Waals surface area contributed by atoms with Gasteiger partial charge in [-0.1, -0.05) is 121 Å². The fraction of sp³-hybridized carbons (Fsp3) is 0. The minimum absolute atomic E-state index is 0.692. The SMILES string of the molecule is c1ccc2cc(-c3ccc4oc5cccc(-c6nc(-c7cc8ccccc8c8ccccc78)c7sc8ccccc8c7n6)c5c4c3)ccc2c1. The summed E-state index contributed by atoms with van der Waals surface area (Å²) in [6, 6.07) is 56.0. The Morgan fingerprint density at radius 2 is 1.16 bits per heavy atom. The van der Waals surface area contributed by atoms with Gasteiger partial charge in [0, 0.05) is 32.0 Å². The van der Waals surface area contributed by atoms with Gasteiger partial charge in [0.05, 0.1) is 15.9 Å². The van der Waals surface area contributed by atoms with E-state index in [0.29, 0.717) is 5.82 Å². The Morgan fingerprint density at radius 1 is 0.440 bits per heavy atom. The third kappa shape index (κ3) is 4.09. The summed E-state index contributed by atoms with van der Waals surface area (Å²) in [5, 5.41) is 10.5. The highest BCUT2D eigenvalue weighted by Gasteiger charge is 2.21. The average molecular weight is 655 g/mol. The van der Waals surface area contributed by atoms with E-state index in [1.165, 1.54) is 42.6 Å². The fourth-order valence-electron chi connectivity index (χ4n) is 7.71. The molecular formula is C46H26N2OS. The molecule has 8 aromatic carbocycles. The second-order valence-corrected chi connectivity index (χ2v) is 14.0. The van der Waals surface area contributed by atoms with Gasteiger partial charge in [-0.25, -0.2) is 9.97 Å². The summed E-state index contributed by atoms with van der Waals surface area (Å²) in [7, 11) is 0. The van der Waals surface area contributed by atoms with E-state index < -0.39 is 0 Å². The molecule has 4 heteroatoms. The number of nitrogens with zero attached hydrogens (tertiary/aromatic N) is 2. The van der Waals surface area contributed by atoms with Crippen LogP contribution in [-0.2, 0) is 0 Å². The van der Waals surface area contributed by atoms with Crippen molar-refractivity contribution in [2.75, 3.05) is 0 Å². The smallest absolute Gasteiger partial charge is 0.161 e. The molecule has 0 saturated carbocycles. The van der Waals surface area contributed by atoms with E-state index in [9.17, 15) is 0 Å². The molecule has 0 aliphatic heterocycles. The van der Waals surface area contributed by atoms with E-state index in [1.807, 2.05) is 6.07 Å². The number of benzene rings is 8. The lowest BCUT2D eigenvalue weighted by Crippen LogP contribution is -1.95.